The second kappa shape index (κ2) is 10.3. The van der Waals surface area contributed by atoms with Crippen LogP contribution in [0.15, 0.2) is 72.8 Å². The maximum absolute atomic E-state index is 12.6. The molecular weight excluding hydrogens is 412 g/mol. The van der Waals surface area contributed by atoms with E-state index in [0.29, 0.717) is 22.5 Å². The third kappa shape index (κ3) is 6.69. The molecular formula is C28H32N2O3. The third-order valence-electron chi connectivity index (χ3n) is 5.42. The van der Waals surface area contributed by atoms with E-state index in [9.17, 15) is 9.59 Å². The lowest BCUT2D eigenvalue weighted by Gasteiger charge is -2.19. The number of ether oxygens (including phenoxy) is 1. The van der Waals surface area contributed by atoms with Crippen LogP contribution in [0.3, 0.4) is 0 Å². The molecule has 0 bridgehead atoms. The number of carbonyl (C=O) groups is 2. The molecule has 3 aromatic rings. The van der Waals surface area contributed by atoms with Crippen LogP contribution in [0.5, 0.6) is 5.75 Å². The SMILES string of the molecule is CCC(C)Oc1ccc(C(=O)Nc2cccc(NC(=O)c3ccc(C(C)(C)C)cc3)c2)cc1. The summed E-state index contributed by atoms with van der Waals surface area (Å²) in [4.78, 5) is 25.3. The van der Waals surface area contributed by atoms with E-state index < -0.39 is 0 Å². The van der Waals surface area contributed by atoms with Crippen molar-refractivity contribution in [3.63, 3.8) is 0 Å². The first-order chi connectivity index (χ1) is 15.7. The van der Waals surface area contributed by atoms with Crippen molar-refractivity contribution in [2.45, 2.75) is 52.6 Å². The Hall–Kier alpha value is -3.60. The number of carbonyl (C=O) groups excluding carboxylic acids is 2. The van der Waals surface area contributed by atoms with Gasteiger partial charge < -0.3 is 15.4 Å². The zero-order valence-electron chi connectivity index (χ0n) is 19.9. The van der Waals surface area contributed by atoms with Gasteiger partial charge in [0.1, 0.15) is 5.75 Å². The number of benzene rings is 3. The average Bonchev–Trinajstić information content (AvgIpc) is 2.79. The van der Waals surface area contributed by atoms with Crippen LogP contribution in [0.25, 0.3) is 0 Å². The molecule has 33 heavy (non-hydrogen) atoms. The van der Waals surface area contributed by atoms with E-state index in [1.54, 1.807) is 48.5 Å². The minimum atomic E-state index is -0.230. The molecule has 172 valence electrons. The van der Waals surface area contributed by atoms with Crippen molar-refractivity contribution >= 4 is 23.2 Å². The van der Waals surface area contributed by atoms with Crippen LogP contribution in [-0.2, 0) is 5.41 Å². The maximum Gasteiger partial charge on any atom is 0.255 e. The Morgan fingerprint density at radius 2 is 1.30 bits per heavy atom. The van der Waals surface area contributed by atoms with Gasteiger partial charge in [0, 0.05) is 22.5 Å². The van der Waals surface area contributed by atoms with Gasteiger partial charge in [0.25, 0.3) is 11.8 Å². The van der Waals surface area contributed by atoms with E-state index >= 15 is 0 Å². The summed E-state index contributed by atoms with van der Waals surface area (Å²) in [7, 11) is 0. The van der Waals surface area contributed by atoms with Crippen LogP contribution in [0.2, 0.25) is 0 Å². The number of amides is 2. The molecule has 2 amide bonds. The Morgan fingerprint density at radius 3 is 1.76 bits per heavy atom. The molecule has 0 saturated heterocycles. The van der Waals surface area contributed by atoms with Crippen molar-refractivity contribution in [2.75, 3.05) is 10.6 Å². The molecule has 2 N–H and O–H groups in total. The molecule has 5 nitrogen and oxygen atoms in total. The van der Waals surface area contributed by atoms with E-state index in [-0.39, 0.29) is 23.3 Å². The normalized spacial score (nSPS) is 12.0. The van der Waals surface area contributed by atoms with Crippen LogP contribution in [-0.4, -0.2) is 17.9 Å². The van der Waals surface area contributed by atoms with Crippen LogP contribution >= 0.6 is 0 Å². The summed E-state index contributed by atoms with van der Waals surface area (Å²) in [5.41, 5.74) is 3.51. The van der Waals surface area contributed by atoms with Gasteiger partial charge in [0.15, 0.2) is 0 Å². The smallest absolute Gasteiger partial charge is 0.255 e. The summed E-state index contributed by atoms with van der Waals surface area (Å²) in [5.74, 6) is 0.309. The fraction of sp³-hybridized carbons (Fsp3) is 0.286. The van der Waals surface area contributed by atoms with E-state index in [2.05, 4.69) is 38.3 Å². The maximum atomic E-state index is 12.6. The van der Waals surface area contributed by atoms with Gasteiger partial charge in [-0.25, -0.2) is 0 Å². The predicted octanol–water partition coefficient (Wildman–Crippen LogP) is 6.67. The number of nitrogens with one attached hydrogen (secondary N) is 2. The van der Waals surface area contributed by atoms with Crippen LogP contribution in [0.4, 0.5) is 11.4 Å². The van der Waals surface area contributed by atoms with Crippen molar-refractivity contribution in [1.29, 1.82) is 0 Å². The average molecular weight is 445 g/mol. The van der Waals surface area contributed by atoms with Crippen LogP contribution < -0.4 is 15.4 Å². The highest BCUT2D eigenvalue weighted by Crippen LogP contribution is 2.23. The molecule has 0 aliphatic rings. The first kappa shape index (κ1) is 24.1. The van der Waals surface area contributed by atoms with Gasteiger partial charge in [0.05, 0.1) is 6.10 Å². The minimum absolute atomic E-state index is 0.0306. The highest BCUT2D eigenvalue weighted by molar-refractivity contribution is 6.06. The molecule has 0 heterocycles. The molecule has 0 radical (unpaired) electrons. The first-order valence-corrected chi connectivity index (χ1v) is 11.3. The summed E-state index contributed by atoms with van der Waals surface area (Å²) < 4.78 is 5.76. The monoisotopic (exact) mass is 444 g/mol. The van der Waals surface area contributed by atoms with Crippen molar-refractivity contribution in [1.82, 2.24) is 0 Å². The third-order valence-corrected chi connectivity index (χ3v) is 5.42. The highest BCUT2D eigenvalue weighted by atomic mass is 16.5. The molecule has 1 atom stereocenters. The lowest BCUT2D eigenvalue weighted by Crippen LogP contribution is -2.15. The van der Waals surface area contributed by atoms with Gasteiger partial charge in [-0.15, -0.1) is 0 Å². The summed E-state index contributed by atoms with van der Waals surface area (Å²) in [6.45, 7) is 10.5. The van der Waals surface area contributed by atoms with Gasteiger partial charge in [-0.1, -0.05) is 45.9 Å². The van der Waals surface area contributed by atoms with E-state index in [1.165, 1.54) is 5.56 Å². The predicted molar refractivity (Wildman–Crippen MR) is 134 cm³/mol. The lowest BCUT2D eigenvalue weighted by atomic mass is 9.87. The number of hydrogen-bond acceptors (Lipinski definition) is 3. The number of anilines is 2. The minimum Gasteiger partial charge on any atom is -0.491 e. The Kier molecular flexibility index (Phi) is 7.54. The lowest BCUT2D eigenvalue weighted by molar-refractivity contribution is 0.101. The van der Waals surface area contributed by atoms with Crippen molar-refractivity contribution < 1.29 is 14.3 Å². The number of rotatable bonds is 7. The van der Waals surface area contributed by atoms with Crippen molar-refractivity contribution in [2.24, 2.45) is 0 Å². The Balaban J connectivity index is 1.63. The highest BCUT2D eigenvalue weighted by Gasteiger charge is 2.15. The van der Waals surface area contributed by atoms with Gasteiger partial charge in [0.2, 0.25) is 0 Å². The molecule has 0 spiro atoms. The molecule has 3 aromatic carbocycles. The Morgan fingerprint density at radius 1 is 0.818 bits per heavy atom. The summed E-state index contributed by atoms with van der Waals surface area (Å²) in [6, 6.07) is 21.8. The molecule has 0 aliphatic carbocycles. The fourth-order valence-corrected chi connectivity index (χ4v) is 3.20. The summed E-state index contributed by atoms with van der Waals surface area (Å²) in [6.07, 6.45) is 1.04. The second-order valence-corrected chi connectivity index (χ2v) is 9.18. The fourth-order valence-electron chi connectivity index (χ4n) is 3.20. The molecule has 1 unspecified atom stereocenters. The summed E-state index contributed by atoms with van der Waals surface area (Å²) >= 11 is 0. The first-order valence-electron chi connectivity index (χ1n) is 11.3. The summed E-state index contributed by atoms with van der Waals surface area (Å²) in [5, 5.41) is 5.77. The Labute approximate surface area is 196 Å². The Bertz CT molecular complexity index is 1100. The molecule has 0 aromatic heterocycles. The van der Waals surface area contributed by atoms with Gasteiger partial charge in [-0.3, -0.25) is 9.59 Å². The standard InChI is InChI=1S/C28H32N2O3/c1-6-19(2)33-25-16-12-21(13-17-25)27(32)30-24-9-7-8-23(18-24)29-26(31)20-10-14-22(15-11-20)28(3,4)5/h7-19H,6H2,1-5H3,(H,29,31)(H,30,32). The van der Waals surface area contributed by atoms with E-state index in [4.69, 9.17) is 4.74 Å². The van der Waals surface area contributed by atoms with E-state index in [1.807, 2.05) is 31.2 Å². The molecule has 0 saturated carbocycles. The molecule has 0 aliphatic heterocycles. The topological polar surface area (TPSA) is 67.4 Å². The van der Waals surface area contributed by atoms with E-state index in [0.717, 1.165) is 12.2 Å². The van der Waals surface area contributed by atoms with Crippen molar-refractivity contribution in [3.8, 4) is 5.75 Å². The zero-order valence-corrected chi connectivity index (χ0v) is 19.9. The number of hydrogen-bond donors (Lipinski definition) is 2. The van der Waals surface area contributed by atoms with Crippen LogP contribution in [0, 0.1) is 0 Å². The van der Waals surface area contributed by atoms with Crippen molar-refractivity contribution in [3.05, 3.63) is 89.5 Å². The molecule has 5 heteroatoms. The largest absolute Gasteiger partial charge is 0.491 e. The van der Waals surface area contributed by atoms with Gasteiger partial charge in [-0.2, -0.15) is 0 Å². The zero-order chi connectivity index (χ0) is 24.0. The molecule has 3 rings (SSSR count). The quantitative estimate of drug-likeness (QED) is 0.428. The van der Waals surface area contributed by atoms with Crippen LogP contribution in [0.1, 0.15) is 67.3 Å². The van der Waals surface area contributed by atoms with Gasteiger partial charge in [-0.05, 0) is 78.9 Å². The van der Waals surface area contributed by atoms with Gasteiger partial charge >= 0.3 is 0 Å². The second-order valence-electron chi connectivity index (χ2n) is 9.18. The molecule has 0 fully saturated rings.